The molecule has 0 aliphatic rings. The molecule has 11 heteroatoms. The van der Waals surface area contributed by atoms with Crippen LogP contribution in [0.3, 0.4) is 0 Å². The second-order valence-corrected chi connectivity index (χ2v) is 7.59. The maximum absolute atomic E-state index is 14.2. The molecule has 0 amide bonds. The number of halogens is 4. The number of rotatable bonds is 3. The molecule has 0 atom stereocenters. The van der Waals surface area contributed by atoms with Gasteiger partial charge in [-0.15, -0.1) is 0 Å². The monoisotopic (exact) mass is 425 g/mol. The standard InChI is InChI=1S/C18H11F4N3O3S/c1-9-2-3-11(6-12(9)8-23)16-15(17(28-25-16)18(20,21)22)10-4-5-14(13(19)7-10)29(24,26)27/h2-7H,1H3,(H2,24,26,27). The largest absolute Gasteiger partial charge is 0.453 e. The number of aryl methyl sites for hydroxylation is 1. The Hall–Kier alpha value is -3.23. The van der Waals surface area contributed by atoms with Crippen LogP contribution in [0.4, 0.5) is 17.6 Å². The third-order valence-corrected chi connectivity index (χ3v) is 5.05. The van der Waals surface area contributed by atoms with E-state index in [1.54, 1.807) is 6.92 Å². The molecular weight excluding hydrogens is 414 g/mol. The van der Waals surface area contributed by atoms with Gasteiger partial charge in [-0.05, 0) is 36.2 Å². The number of aromatic nitrogens is 1. The Balaban J connectivity index is 2.30. The number of sulfonamides is 1. The summed E-state index contributed by atoms with van der Waals surface area (Å²) < 4.78 is 81.8. The highest BCUT2D eigenvalue weighted by Gasteiger charge is 2.41. The van der Waals surface area contributed by atoms with Crippen LogP contribution in [-0.2, 0) is 16.2 Å². The normalized spacial score (nSPS) is 12.0. The van der Waals surface area contributed by atoms with Crippen molar-refractivity contribution < 1.29 is 30.5 Å². The van der Waals surface area contributed by atoms with E-state index in [1.807, 2.05) is 6.07 Å². The van der Waals surface area contributed by atoms with Crippen LogP contribution in [0.25, 0.3) is 22.4 Å². The number of nitrogens with zero attached hydrogens (tertiary/aromatic N) is 2. The van der Waals surface area contributed by atoms with Crippen LogP contribution in [0, 0.1) is 24.1 Å². The molecule has 3 aromatic rings. The highest BCUT2D eigenvalue weighted by molar-refractivity contribution is 7.89. The maximum atomic E-state index is 14.2. The molecule has 3 rings (SSSR count). The first kappa shape index (κ1) is 20.5. The molecule has 0 saturated carbocycles. The average molecular weight is 425 g/mol. The second-order valence-electron chi connectivity index (χ2n) is 6.06. The molecular formula is C18H11F4N3O3S. The van der Waals surface area contributed by atoms with Crippen molar-refractivity contribution in [3.63, 3.8) is 0 Å². The lowest BCUT2D eigenvalue weighted by Crippen LogP contribution is -2.14. The summed E-state index contributed by atoms with van der Waals surface area (Å²) in [6.45, 7) is 1.65. The van der Waals surface area contributed by atoms with Crippen molar-refractivity contribution in [3.8, 4) is 28.5 Å². The van der Waals surface area contributed by atoms with Crippen LogP contribution in [-0.4, -0.2) is 13.6 Å². The Kier molecular flexibility index (Phi) is 4.94. The smallest absolute Gasteiger partial charge is 0.350 e. The Labute approximate surface area is 162 Å². The molecule has 29 heavy (non-hydrogen) atoms. The van der Waals surface area contributed by atoms with Gasteiger partial charge in [0, 0.05) is 5.56 Å². The minimum Gasteiger partial charge on any atom is -0.350 e. The van der Waals surface area contributed by atoms with Crippen molar-refractivity contribution in [2.75, 3.05) is 0 Å². The van der Waals surface area contributed by atoms with E-state index in [2.05, 4.69) is 9.68 Å². The summed E-state index contributed by atoms with van der Waals surface area (Å²) in [4.78, 5) is -0.866. The third kappa shape index (κ3) is 3.85. The summed E-state index contributed by atoms with van der Waals surface area (Å²) in [5.74, 6) is -2.82. The van der Waals surface area contributed by atoms with E-state index in [9.17, 15) is 26.0 Å². The number of alkyl halides is 3. The van der Waals surface area contributed by atoms with Crippen LogP contribution >= 0.6 is 0 Å². The number of benzene rings is 2. The van der Waals surface area contributed by atoms with Crippen molar-refractivity contribution in [1.29, 1.82) is 5.26 Å². The fraction of sp³-hybridized carbons (Fsp3) is 0.111. The Morgan fingerprint density at radius 2 is 1.79 bits per heavy atom. The van der Waals surface area contributed by atoms with Gasteiger partial charge in [0.05, 0.1) is 17.2 Å². The molecule has 1 heterocycles. The first-order valence-electron chi connectivity index (χ1n) is 7.84. The molecule has 0 aliphatic carbocycles. The minimum atomic E-state index is -4.96. The summed E-state index contributed by atoms with van der Waals surface area (Å²) >= 11 is 0. The quantitative estimate of drug-likeness (QED) is 0.638. The van der Waals surface area contributed by atoms with Gasteiger partial charge in [-0.1, -0.05) is 23.4 Å². The SMILES string of the molecule is Cc1ccc(-c2noc(C(F)(F)F)c2-c2ccc(S(N)(=O)=O)c(F)c2)cc1C#N. The van der Waals surface area contributed by atoms with Crippen LogP contribution in [0.2, 0.25) is 0 Å². The van der Waals surface area contributed by atoms with E-state index in [4.69, 9.17) is 10.4 Å². The molecule has 0 fully saturated rings. The zero-order valence-electron chi connectivity index (χ0n) is 14.6. The molecule has 6 nitrogen and oxygen atoms in total. The number of nitriles is 1. The van der Waals surface area contributed by atoms with E-state index in [-0.39, 0.29) is 22.4 Å². The van der Waals surface area contributed by atoms with Gasteiger partial charge >= 0.3 is 6.18 Å². The molecule has 0 spiro atoms. The zero-order chi connectivity index (χ0) is 21.6. The second kappa shape index (κ2) is 6.98. The summed E-state index contributed by atoms with van der Waals surface area (Å²) in [7, 11) is -4.41. The zero-order valence-corrected chi connectivity index (χ0v) is 15.4. The van der Waals surface area contributed by atoms with E-state index < -0.39 is 38.2 Å². The predicted molar refractivity (Wildman–Crippen MR) is 93.2 cm³/mol. The van der Waals surface area contributed by atoms with Gasteiger partial charge in [-0.25, -0.2) is 17.9 Å². The fourth-order valence-corrected chi connectivity index (χ4v) is 3.31. The number of hydrogen-bond acceptors (Lipinski definition) is 5. The first-order valence-corrected chi connectivity index (χ1v) is 9.39. The summed E-state index contributed by atoms with van der Waals surface area (Å²) in [5.41, 5.74) is -0.252. The minimum absolute atomic E-state index is 0.136. The highest BCUT2D eigenvalue weighted by Crippen LogP contribution is 2.43. The predicted octanol–water partition coefficient (Wildman–Crippen LogP) is 3.99. The van der Waals surface area contributed by atoms with Crippen LogP contribution in [0.1, 0.15) is 16.9 Å². The van der Waals surface area contributed by atoms with Crippen molar-refractivity contribution in [2.45, 2.75) is 18.0 Å². The van der Waals surface area contributed by atoms with E-state index in [1.165, 1.54) is 18.2 Å². The summed E-state index contributed by atoms with van der Waals surface area (Å²) in [6, 6.07) is 8.52. The summed E-state index contributed by atoms with van der Waals surface area (Å²) in [6.07, 6.45) is -4.96. The maximum Gasteiger partial charge on any atom is 0.453 e. The molecule has 2 aromatic carbocycles. The Morgan fingerprint density at radius 1 is 1.14 bits per heavy atom. The Morgan fingerprint density at radius 3 is 2.34 bits per heavy atom. The molecule has 150 valence electrons. The van der Waals surface area contributed by atoms with Crippen LogP contribution in [0.15, 0.2) is 45.8 Å². The van der Waals surface area contributed by atoms with Gasteiger partial charge in [-0.3, -0.25) is 0 Å². The highest BCUT2D eigenvalue weighted by atomic mass is 32.2. The van der Waals surface area contributed by atoms with E-state index in [0.29, 0.717) is 11.6 Å². The molecule has 0 bridgehead atoms. The van der Waals surface area contributed by atoms with Gasteiger partial charge in [-0.2, -0.15) is 18.4 Å². The topological polar surface area (TPSA) is 110 Å². The Bertz CT molecular complexity index is 1260. The van der Waals surface area contributed by atoms with Gasteiger partial charge < -0.3 is 4.52 Å². The van der Waals surface area contributed by atoms with Gasteiger partial charge in [0.2, 0.25) is 15.8 Å². The van der Waals surface area contributed by atoms with Crippen molar-refractivity contribution >= 4 is 10.0 Å². The van der Waals surface area contributed by atoms with Crippen molar-refractivity contribution in [3.05, 3.63) is 59.1 Å². The fourth-order valence-electron chi connectivity index (χ4n) is 2.73. The van der Waals surface area contributed by atoms with Gasteiger partial charge in [0.15, 0.2) is 0 Å². The van der Waals surface area contributed by atoms with E-state index >= 15 is 0 Å². The van der Waals surface area contributed by atoms with Gasteiger partial charge in [0.1, 0.15) is 16.4 Å². The average Bonchev–Trinajstić information content (AvgIpc) is 3.06. The van der Waals surface area contributed by atoms with Crippen LogP contribution < -0.4 is 5.14 Å². The molecule has 1 aromatic heterocycles. The molecule has 0 unspecified atom stereocenters. The van der Waals surface area contributed by atoms with Crippen molar-refractivity contribution in [2.24, 2.45) is 5.14 Å². The molecule has 0 aliphatic heterocycles. The molecule has 2 N–H and O–H groups in total. The van der Waals surface area contributed by atoms with Crippen molar-refractivity contribution in [1.82, 2.24) is 5.16 Å². The lowest BCUT2D eigenvalue weighted by Gasteiger charge is -2.09. The molecule has 0 radical (unpaired) electrons. The van der Waals surface area contributed by atoms with Gasteiger partial charge in [0.25, 0.3) is 0 Å². The summed E-state index contributed by atoms with van der Waals surface area (Å²) in [5, 5.41) is 17.5. The lowest BCUT2D eigenvalue weighted by molar-refractivity contribution is -0.154. The third-order valence-electron chi connectivity index (χ3n) is 4.11. The number of hydrogen-bond donors (Lipinski definition) is 1. The lowest BCUT2D eigenvalue weighted by atomic mass is 9.96. The number of primary sulfonamides is 1. The first-order chi connectivity index (χ1) is 13.4. The number of nitrogens with two attached hydrogens (primary N) is 1. The van der Waals surface area contributed by atoms with Crippen LogP contribution in [0.5, 0.6) is 0 Å². The van der Waals surface area contributed by atoms with E-state index in [0.717, 1.165) is 12.1 Å². The molecule has 0 saturated heterocycles.